The first-order chi connectivity index (χ1) is 17.6. The van der Waals surface area contributed by atoms with Gasteiger partial charge in [0.25, 0.3) is 5.56 Å². The molecule has 1 atom stereocenters. The minimum absolute atomic E-state index is 0.105. The zero-order chi connectivity index (χ0) is 24.8. The summed E-state index contributed by atoms with van der Waals surface area (Å²) in [6.45, 7) is 0. The summed E-state index contributed by atoms with van der Waals surface area (Å²) >= 11 is 1.37. The van der Waals surface area contributed by atoms with Crippen LogP contribution < -0.4 is 24.4 Å². The standard InChI is InChI=1S/C29H24N2O4S/c1-34-20-12-14-24(35-2)23(16-20)27-22-13-9-18-5-3-4-6-21(18)26(22)30-29-31(27)28(33)25(36-29)15-17-7-10-19(32)11-8-17/h3-8,10-12,14-16,27,32H,9,13H2,1-2H3. The van der Waals surface area contributed by atoms with Gasteiger partial charge in [-0.05, 0) is 65.9 Å². The van der Waals surface area contributed by atoms with E-state index in [0.717, 1.165) is 40.8 Å². The molecule has 0 amide bonds. The molecule has 4 aromatic rings. The van der Waals surface area contributed by atoms with Gasteiger partial charge in [0.15, 0.2) is 4.80 Å². The maximum atomic E-state index is 13.9. The summed E-state index contributed by atoms with van der Waals surface area (Å²) in [5.41, 5.74) is 6.01. The summed E-state index contributed by atoms with van der Waals surface area (Å²) in [6.07, 6.45) is 3.52. The van der Waals surface area contributed by atoms with Crippen LogP contribution in [0.5, 0.6) is 17.2 Å². The minimum Gasteiger partial charge on any atom is -0.508 e. The third-order valence-electron chi connectivity index (χ3n) is 6.80. The Labute approximate surface area is 211 Å². The highest BCUT2D eigenvalue weighted by Crippen LogP contribution is 2.44. The molecule has 1 aliphatic carbocycles. The molecule has 2 aliphatic rings. The zero-order valence-electron chi connectivity index (χ0n) is 19.9. The molecule has 1 aromatic heterocycles. The summed E-state index contributed by atoms with van der Waals surface area (Å²) in [7, 11) is 3.28. The molecule has 0 saturated heterocycles. The van der Waals surface area contributed by atoms with E-state index in [2.05, 4.69) is 18.2 Å². The fourth-order valence-electron chi connectivity index (χ4n) is 5.07. The Bertz CT molecular complexity index is 1700. The van der Waals surface area contributed by atoms with Gasteiger partial charge in [0.2, 0.25) is 0 Å². The monoisotopic (exact) mass is 496 g/mol. The van der Waals surface area contributed by atoms with Crippen molar-refractivity contribution >= 4 is 23.1 Å². The van der Waals surface area contributed by atoms with Crippen LogP contribution in [0.25, 0.3) is 11.8 Å². The molecule has 0 spiro atoms. The van der Waals surface area contributed by atoms with Crippen molar-refractivity contribution < 1.29 is 14.6 Å². The van der Waals surface area contributed by atoms with Gasteiger partial charge in [-0.25, -0.2) is 4.99 Å². The van der Waals surface area contributed by atoms with Gasteiger partial charge >= 0.3 is 0 Å². The first-order valence-electron chi connectivity index (χ1n) is 11.7. The number of allylic oxidation sites excluding steroid dienone is 1. The van der Waals surface area contributed by atoms with E-state index in [1.54, 1.807) is 43.1 Å². The van der Waals surface area contributed by atoms with Gasteiger partial charge in [-0.15, -0.1) is 0 Å². The predicted octanol–water partition coefficient (Wildman–Crippen LogP) is 4.04. The number of phenols is 1. The lowest BCUT2D eigenvalue weighted by atomic mass is 9.83. The topological polar surface area (TPSA) is 73.1 Å². The average molecular weight is 497 g/mol. The molecule has 7 heteroatoms. The minimum atomic E-state index is -0.364. The van der Waals surface area contributed by atoms with Crippen LogP contribution in [0.3, 0.4) is 0 Å². The van der Waals surface area contributed by atoms with Gasteiger partial charge in [0, 0.05) is 11.1 Å². The van der Waals surface area contributed by atoms with Crippen LogP contribution in [0.15, 0.2) is 82.1 Å². The SMILES string of the molecule is COc1ccc(OC)c(C2C3=C(N=c4sc(=Cc5ccc(O)cc5)c(=O)n42)c2ccccc2CC3)c1. The molecule has 0 bridgehead atoms. The van der Waals surface area contributed by atoms with E-state index in [1.165, 1.54) is 16.9 Å². The molecule has 0 saturated carbocycles. The highest BCUT2D eigenvalue weighted by Gasteiger charge is 2.34. The van der Waals surface area contributed by atoms with Crippen molar-refractivity contribution in [2.75, 3.05) is 14.2 Å². The Balaban J connectivity index is 1.65. The Kier molecular flexibility index (Phi) is 5.49. The summed E-state index contributed by atoms with van der Waals surface area (Å²) < 4.78 is 13.7. The Morgan fingerprint density at radius 2 is 1.83 bits per heavy atom. The smallest absolute Gasteiger partial charge is 0.271 e. The van der Waals surface area contributed by atoms with Crippen molar-refractivity contribution in [3.8, 4) is 17.2 Å². The quantitative estimate of drug-likeness (QED) is 0.463. The normalized spacial score (nSPS) is 16.6. The molecule has 6 rings (SSSR count). The molecular formula is C29H24N2O4S. The van der Waals surface area contributed by atoms with E-state index >= 15 is 0 Å². The first kappa shape index (κ1) is 22.4. The van der Waals surface area contributed by atoms with Crippen molar-refractivity contribution in [3.63, 3.8) is 0 Å². The number of ether oxygens (including phenoxy) is 2. The van der Waals surface area contributed by atoms with Gasteiger partial charge in [-0.3, -0.25) is 9.36 Å². The first-order valence-corrected chi connectivity index (χ1v) is 12.5. The number of aromatic hydroxyl groups is 1. The maximum Gasteiger partial charge on any atom is 0.271 e. The zero-order valence-corrected chi connectivity index (χ0v) is 20.7. The number of hydrogen-bond acceptors (Lipinski definition) is 6. The van der Waals surface area contributed by atoms with Crippen LogP contribution >= 0.6 is 11.3 Å². The van der Waals surface area contributed by atoms with Gasteiger partial charge < -0.3 is 14.6 Å². The highest BCUT2D eigenvalue weighted by atomic mass is 32.1. The van der Waals surface area contributed by atoms with Crippen LogP contribution in [0.1, 0.15) is 34.7 Å². The van der Waals surface area contributed by atoms with Crippen molar-refractivity contribution in [1.29, 1.82) is 0 Å². The lowest BCUT2D eigenvalue weighted by Crippen LogP contribution is -2.39. The number of fused-ring (bicyclic) bond motifs is 3. The number of aryl methyl sites for hydroxylation is 1. The van der Waals surface area contributed by atoms with Crippen LogP contribution in [0, 0.1) is 0 Å². The van der Waals surface area contributed by atoms with Gasteiger partial charge in [0.1, 0.15) is 17.2 Å². The van der Waals surface area contributed by atoms with Crippen LogP contribution in [0.2, 0.25) is 0 Å². The second-order valence-corrected chi connectivity index (χ2v) is 9.82. The number of phenolic OH excluding ortho intramolecular Hbond substituents is 1. The predicted molar refractivity (Wildman–Crippen MR) is 140 cm³/mol. The lowest BCUT2D eigenvalue weighted by molar-refractivity contribution is 0.392. The third-order valence-corrected chi connectivity index (χ3v) is 7.78. The van der Waals surface area contributed by atoms with Crippen LogP contribution in [-0.4, -0.2) is 23.9 Å². The molecule has 3 aromatic carbocycles. The largest absolute Gasteiger partial charge is 0.508 e. The molecule has 2 heterocycles. The van der Waals surface area contributed by atoms with Gasteiger partial charge in [-0.2, -0.15) is 0 Å². The third kappa shape index (κ3) is 3.63. The molecule has 6 nitrogen and oxygen atoms in total. The second kappa shape index (κ2) is 8.84. The number of hydrogen-bond donors (Lipinski definition) is 1. The van der Waals surface area contributed by atoms with Gasteiger partial charge in [0.05, 0.1) is 30.5 Å². The van der Waals surface area contributed by atoms with Crippen molar-refractivity contribution in [3.05, 3.63) is 114 Å². The van der Waals surface area contributed by atoms with E-state index < -0.39 is 0 Å². The van der Waals surface area contributed by atoms with Crippen LogP contribution in [-0.2, 0) is 6.42 Å². The van der Waals surface area contributed by atoms with Crippen molar-refractivity contribution in [1.82, 2.24) is 4.57 Å². The van der Waals surface area contributed by atoms with E-state index in [0.29, 0.717) is 20.8 Å². The molecule has 1 unspecified atom stereocenters. The summed E-state index contributed by atoms with van der Waals surface area (Å²) in [5.74, 6) is 1.58. The van der Waals surface area contributed by atoms with E-state index in [-0.39, 0.29) is 17.4 Å². The Morgan fingerprint density at radius 3 is 2.61 bits per heavy atom. The molecule has 0 fully saturated rings. The fraction of sp³-hybridized carbons (Fsp3) is 0.172. The Hall–Kier alpha value is -4.10. The number of benzene rings is 3. The number of aromatic nitrogens is 1. The molecule has 1 N–H and O–H groups in total. The molecule has 36 heavy (non-hydrogen) atoms. The average Bonchev–Trinajstić information content (AvgIpc) is 3.22. The van der Waals surface area contributed by atoms with E-state index in [1.807, 2.05) is 30.3 Å². The van der Waals surface area contributed by atoms with Crippen molar-refractivity contribution in [2.24, 2.45) is 4.99 Å². The van der Waals surface area contributed by atoms with Crippen molar-refractivity contribution in [2.45, 2.75) is 18.9 Å². The summed E-state index contributed by atoms with van der Waals surface area (Å²) in [4.78, 5) is 19.6. The van der Waals surface area contributed by atoms with Crippen LogP contribution in [0.4, 0.5) is 0 Å². The molecule has 1 aliphatic heterocycles. The van der Waals surface area contributed by atoms with Gasteiger partial charge in [-0.1, -0.05) is 47.7 Å². The second-order valence-electron chi connectivity index (χ2n) is 8.81. The number of methoxy groups -OCH3 is 2. The number of nitrogens with zero attached hydrogens (tertiary/aromatic N) is 2. The maximum absolute atomic E-state index is 13.9. The fourth-order valence-corrected chi connectivity index (χ4v) is 6.07. The van der Waals surface area contributed by atoms with E-state index in [4.69, 9.17) is 14.5 Å². The Morgan fingerprint density at radius 1 is 1.03 bits per heavy atom. The highest BCUT2D eigenvalue weighted by molar-refractivity contribution is 7.07. The molecular weight excluding hydrogens is 472 g/mol. The van der Waals surface area contributed by atoms with E-state index in [9.17, 15) is 9.90 Å². The molecule has 0 radical (unpaired) electrons. The lowest BCUT2D eigenvalue weighted by Gasteiger charge is -2.31. The number of rotatable bonds is 4. The summed E-state index contributed by atoms with van der Waals surface area (Å²) in [5, 5.41) is 9.64. The number of thiazole rings is 1. The summed E-state index contributed by atoms with van der Waals surface area (Å²) in [6, 6.07) is 20.5. The molecule has 180 valence electrons.